The van der Waals surface area contributed by atoms with Crippen LogP contribution in [0.25, 0.3) is 0 Å². The lowest BCUT2D eigenvalue weighted by molar-refractivity contribution is -0.146. The maximum Gasteiger partial charge on any atom is 0.324 e. The van der Waals surface area contributed by atoms with Crippen molar-refractivity contribution >= 4 is 5.97 Å². The molecule has 4 nitrogen and oxygen atoms in total. The maximum absolute atomic E-state index is 11.5. The topological polar surface area (TPSA) is 41.6 Å². The Labute approximate surface area is 93.0 Å². The Kier molecular flexibility index (Phi) is 7.34. The molecule has 90 valence electrons. The zero-order valence-electron chi connectivity index (χ0n) is 10.5. The van der Waals surface area contributed by atoms with E-state index in [1.165, 1.54) is 0 Å². The standard InChI is InChI=1S/C11H24N2O2/c1-6-9(3)13(5)8-10(12-4)11(14)15-7-2/h9-10,12H,6-8H2,1-5H3. The molecule has 0 radical (unpaired) electrons. The predicted octanol–water partition coefficient (Wildman–Crippen LogP) is 0.868. The normalized spacial score (nSPS) is 15.1. The van der Waals surface area contributed by atoms with E-state index in [-0.39, 0.29) is 12.0 Å². The second kappa shape index (κ2) is 7.65. The zero-order chi connectivity index (χ0) is 11.8. The number of carbonyl (C=O) groups is 1. The van der Waals surface area contributed by atoms with Gasteiger partial charge in [0.1, 0.15) is 6.04 Å². The highest BCUT2D eigenvalue weighted by Gasteiger charge is 2.20. The van der Waals surface area contributed by atoms with Crippen molar-refractivity contribution in [3.05, 3.63) is 0 Å². The molecule has 15 heavy (non-hydrogen) atoms. The summed E-state index contributed by atoms with van der Waals surface area (Å²) in [6.45, 7) is 7.23. The van der Waals surface area contributed by atoms with E-state index in [9.17, 15) is 4.79 Å². The number of nitrogens with one attached hydrogen (secondary N) is 1. The van der Waals surface area contributed by atoms with Crippen molar-refractivity contribution in [2.24, 2.45) is 0 Å². The van der Waals surface area contributed by atoms with Crippen molar-refractivity contribution in [3.8, 4) is 0 Å². The van der Waals surface area contributed by atoms with E-state index in [0.29, 0.717) is 19.2 Å². The van der Waals surface area contributed by atoms with Crippen LogP contribution >= 0.6 is 0 Å². The quantitative estimate of drug-likeness (QED) is 0.641. The van der Waals surface area contributed by atoms with Crippen molar-refractivity contribution < 1.29 is 9.53 Å². The molecule has 2 unspecified atom stereocenters. The van der Waals surface area contributed by atoms with E-state index in [4.69, 9.17) is 4.74 Å². The monoisotopic (exact) mass is 216 g/mol. The molecule has 0 aliphatic heterocycles. The summed E-state index contributed by atoms with van der Waals surface area (Å²) >= 11 is 0. The number of carbonyl (C=O) groups excluding carboxylic acids is 1. The zero-order valence-corrected chi connectivity index (χ0v) is 10.5. The Morgan fingerprint density at radius 3 is 2.47 bits per heavy atom. The van der Waals surface area contributed by atoms with Gasteiger partial charge in [-0.3, -0.25) is 4.79 Å². The van der Waals surface area contributed by atoms with Gasteiger partial charge in [0, 0.05) is 12.6 Å². The summed E-state index contributed by atoms with van der Waals surface area (Å²) in [7, 11) is 3.81. The first-order chi connectivity index (χ1) is 7.06. The average molecular weight is 216 g/mol. The van der Waals surface area contributed by atoms with E-state index < -0.39 is 0 Å². The van der Waals surface area contributed by atoms with Gasteiger partial charge in [-0.25, -0.2) is 0 Å². The van der Waals surface area contributed by atoms with Crippen LogP contribution in [0.3, 0.4) is 0 Å². The van der Waals surface area contributed by atoms with Crippen molar-refractivity contribution in [1.29, 1.82) is 0 Å². The highest BCUT2D eigenvalue weighted by molar-refractivity contribution is 5.76. The Bertz CT molecular complexity index is 185. The van der Waals surface area contributed by atoms with Gasteiger partial charge in [0.2, 0.25) is 0 Å². The molecule has 0 aromatic heterocycles. The summed E-state index contributed by atoms with van der Waals surface area (Å²) in [5, 5.41) is 2.98. The highest BCUT2D eigenvalue weighted by Crippen LogP contribution is 2.02. The summed E-state index contributed by atoms with van der Waals surface area (Å²) in [5.41, 5.74) is 0. The van der Waals surface area contributed by atoms with Gasteiger partial charge in [-0.15, -0.1) is 0 Å². The number of hydrogen-bond acceptors (Lipinski definition) is 4. The molecule has 0 rings (SSSR count). The fraction of sp³-hybridized carbons (Fsp3) is 0.909. The molecular formula is C11H24N2O2. The Morgan fingerprint density at radius 2 is 2.07 bits per heavy atom. The van der Waals surface area contributed by atoms with Crippen molar-refractivity contribution in [2.45, 2.75) is 39.3 Å². The minimum atomic E-state index is -0.232. The van der Waals surface area contributed by atoms with Gasteiger partial charge in [-0.2, -0.15) is 0 Å². The molecule has 0 aliphatic carbocycles. The fourth-order valence-corrected chi connectivity index (χ4v) is 1.31. The molecule has 0 spiro atoms. The summed E-state index contributed by atoms with van der Waals surface area (Å²) in [5.74, 6) is -0.171. The number of rotatable bonds is 7. The fourth-order valence-electron chi connectivity index (χ4n) is 1.31. The van der Waals surface area contributed by atoms with Crippen LogP contribution in [0, 0.1) is 0 Å². The van der Waals surface area contributed by atoms with Gasteiger partial charge < -0.3 is 15.0 Å². The first-order valence-corrected chi connectivity index (χ1v) is 5.60. The first-order valence-electron chi connectivity index (χ1n) is 5.60. The smallest absolute Gasteiger partial charge is 0.324 e. The van der Waals surface area contributed by atoms with Gasteiger partial charge >= 0.3 is 5.97 Å². The molecule has 0 bridgehead atoms. The molecule has 1 N–H and O–H groups in total. The lowest BCUT2D eigenvalue weighted by atomic mass is 10.2. The number of hydrogen-bond donors (Lipinski definition) is 1. The average Bonchev–Trinajstić information content (AvgIpc) is 2.24. The van der Waals surface area contributed by atoms with Crippen LogP contribution in [0.5, 0.6) is 0 Å². The van der Waals surface area contributed by atoms with Crippen molar-refractivity contribution in [2.75, 3.05) is 27.2 Å². The van der Waals surface area contributed by atoms with E-state index in [2.05, 4.69) is 24.1 Å². The highest BCUT2D eigenvalue weighted by atomic mass is 16.5. The molecule has 0 fully saturated rings. The molecule has 2 atom stereocenters. The summed E-state index contributed by atoms with van der Waals surface area (Å²) in [6.07, 6.45) is 1.08. The van der Waals surface area contributed by atoms with E-state index in [0.717, 1.165) is 6.42 Å². The molecular weight excluding hydrogens is 192 g/mol. The van der Waals surface area contributed by atoms with E-state index >= 15 is 0 Å². The number of nitrogens with zero attached hydrogens (tertiary/aromatic N) is 1. The second-order valence-corrected chi connectivity index (χ2v) is 3.79. The third kappa shape index (κ3) is 5.14. The Balaban J connectivity index is 4.14. The Morgan fingerprint density at radius 1 is 1.47 bits per heavy atom. The summed E-state index contributed by atoms with van der Waals surface area (Å²) in [6, 6.07) is 0.249. The molecule has 0 aliphatic rings. The van der Waals surface area contributed by atoms with E-state index in [1.54, 1.807) is 7.05 Å². The third-order valence-electron chi connectivity index (χ3n) is 2.73. The van der Waals surface area contributed by atoms with Crippen LogP contribution in [0.15, 0.2) is 0 Å². The van der Waals surface area contributed by atoms with Crippen LogP contribution < -0.4 is 5.32 Å². The van der Waals surface area contributed by atoms with Gasteiger partial charge in [-0.1, -0.05) is 6.92 Å². The molecule has 0 aromatic rings. The molecule has 0 amide bonds. The van der Waals surface area contributed by atoms with Crippen molar-refractivity contribution in [3.63, 3.8) is 0 Å². The molecule has 0 heterocycles. The van der Waals surface area contributed by atoms with Crippen molar-refractivity contribution in [1.82, 2.24) is 10.2 Å². The van der Waals surface area contributed by atoms with Crippen LogP contribution in [0.1, 0.15) is 27.2 Å². The lowest BCUT2D eigenvalue weighted by Gasteiger charge is -2.27. The third-order valence-corrected chi connectivity index (χ3v) is 2.73. The van der Waals surface area contributed by atoms with Crippen LogP contribution in [-0.4, -0.2) is 50.2 Å². The minimum absolute atomic E-state index is 0.171. The van der Waals surface area contributed by atoms with Gasteiger partial charge in [0.05, 0.1) is 6.61 Å². The number of ether oxygens (including phenoxy) is 1. The van der Waals surface area contributed by atoms with Gasteiger partial charge in [0.25, 0.3) is 0 Å². The molecule has 0 saturated carbocycles. The van der Waals surface area contributed by atoms with Crippen LogP contribution in [0.4, 0.5) is 0 Å². The predicted molar refractivity (Wildman–Crippen MR) is 61.9 cm³/mol. The summed E-state index contributed by atoms with van der Waals surface area (Å²) in [4.78, 5) is 13.7. The van der Waals surface area contributed by atoms with Gasteiger partial charge in [-0.05, 0) is 34.4 Å². The van der Waals surface area contributed by atoms with Crippen LogP contribution in [0.2, 0.25) is 0 Å². The SMILES string of the molecule is CCOC(=O)C(CN(C)C(C)CC)NC. The largest absolute Gasteiger partial charge is 0.465 e. The summed E-state index contributed by atoms with van der Waals surface area (Å²) < 4.78 is 4.98. The maximum atomic E-state index is 11.5. The lowest BCUT2D eigenvalue weighted by Crippen LogP contribution is -2.46. The molecule has 0 saturated heterocycles. The van der Waals surface area contributed by atoms with Crippen LogP contribution in [-0.2, 0) is 9.53 Å². The van der Waals surface area contributed by atoms with E-state index in [1.807, 2.05) is 14.0 Å². The molecule has 4 heteroatoms. The Hall–Kier alpha value is -0.610. The first kappa shape index (κ1) is 14.4. The number of esters is 1. The second-order valence-electron chi connectivity index (χ2n) is 3.79. The molecule has 0 aromatic carbocycles. The van der Waals surface area contributed by atoms with Gasteiger partial charge in [0.15, 0.2) is 0 Å². The minimum Gasteiger partial charge on any atom is -0.465 e. The number of likely N-dealkylation sites (N-methyl/N-ethyl adjacent to an activating group) is 2.